The summed E-state index contributed by atoms with van der Waals surface area (Å²) in [5.41, 5.74) is -1.45. The van der Waals surface area contributed by atoms with Crippen molar-refractivity contribution in [3.63, 3.8) is 0 Å². The van der Waals surface area contributed by atoms with Crippen LogP contribution in [0, 0.1) is 28.1 Å². The molecule has 3 N–H and O–H groups in total. The molecule has 0 bridgehead atoms. The van der Waals surface area contributed by atoms with Gasteiger partial charge in [-0.25, -0.2) is 13.6 Å². The quantitative estimate of drug-likeness (QED) is 0.362. The SMILES string of the molecule is CC(C#N)(CC(C)(C)N1CCC(F)(F)C1)C(=O)N1CCCC[C@@H]1COC(=O)N[C@@H](Cc1ccccc1C#N)B(O)O. The van der Waals surface area contributed by atoms with E-state index in [1.54, 1.807) is 43.0 Å². The summed E-state index contributed by atoms with van der Waals surface area (Å²) in [6.45, 7) is 4.99. The van der Waals surface area contributed by atoms with Gasteiger partial charge in [-0.05, 0) is 64.5 Å². The zero-order chi connectivity index (χ0) is 30.4. The van der Waals surface area contributed by atoms with Gasteiger partial charge in [0.25, 0.3) is 5.92 Å². The Hall–Kier alpha value is -3.26. The van der Waals surface area contributed by atoms with Gasteiger partial charge < -0.3 is 25.0 Å². The number of carbonyl (C=O) groups is 2. The highest BCUT2D eigenvalue weighted by Gasteiger charge is 2.49. The fourth-order valence-electron chi connectivity index (χ4n) is 5.79. The van der Waals surface area contributed by atoms with Crippen LogP contribution < -0.4 is 5.32 Å². The van der Waals surface area contributed by atoms with Crippen LogP contribution in [-0.4, -0.2) is 88.7 Å². The summed E-state index contributed by atoms with van der Waals surface area (Å²) in [5, 5.41) is 41.4. The molecule has 2 amide bonds. The number of nitrogens with one attached hydrogen (secondary N) is 1. The number of nitrogens with zero attached hydrogens (tertiary/aromatic N) is 4. The normalized spacial score (nSPS) is 21.2. The van der Waals surface area contributed by atoms with Gasteiger partial charge in [-0.2, -0.15) is 10.5 Å². The third kappa shape index (κ3) is 8.16. The minimum atomic E-state index is -2.80. The molecule has 13 heteroatoms. The Kier molecular flexibility index (Phi) is 10.3. The van der Waals surface area contributed by atoms with Crippen molar-refractivity contribution in [1.82, 2.24) is 15.1 Å². The fourth-order valence-corrected chi connectivity index (χ4v) is 5.79. The second kappa shape index (κ2) is 13.2. The highest BCUT2D eigenvalue weighted by Crippen LogP contribution is 2.39. The predicted molar refractivity (Wildman–Crippen MR) is 146 cm³/mol. The number of piperidine rings is 1. The van der Waals surface area contributed by atoms with E-state index in [2.05, 4.69) is 11.4 Å². The van der Waals surface area contributed by atoms with Crippen molar-refractivity contribution in [1.29, 1.82) is 10.5 Å². The van der Waals surface area contributed by atoms with Crippen molar-refractivity contribution in [3.05, 3.63) is 35.4 Å². The number of benzene rings is 1. The summed E-state index contributed by atoms with van der Waals surface area (Å²) in [6.07, 6.45) is 0.855. The van der Waals surface area contributed by atoms with Crippen molar-refractivity contribution >= 4 is 19.1 Å². The number of ether oxygens (including phenoxy) is 1. The second-order valence-corrected chi connectivity index (χ2v) is 11.8. The Labute approximate surface area is 240 Å². The lowest BCUT2D eigenvalue weighted by molar-refractivity contribution is -0.145. The largest absolute Gasteiger partial charge is 0.475 e. The number of hydrogen-bond donors (Lipinski definition) is 3. The minimum absolute atomic E-state index is 0.0240. The number of carbonyl (C=O) groups excluding carboxylic acids is 2. The number of likely N-dealkylation sites (tertiary alicyclic amines) is 2. The van der Waals surface area contributed by atoms with Crippen LogP contribution in [0.25, 0.3) is 0 Å². The van der Waals surface area contributed by atoms with Gasteiger partial charge >= 0.3 is 13.2 Å². The molecule has 1 aromatic carbocycles. The van der Waals surface area contributed by atoms with Gasteiger partial charge in [-0.1, -0.05) is 18.2 Å². The Morgan fingerprint density at radius 2 is 1.93 bits per heavy atom. The Morgan fingerprint density at radius 3 is 2.54 bits per heavy atom. The Balaban J connectivity index is 1.64. The molecule has 0 spiro atoms. The van der Waals surface area contributed by atoms with Gasteiger partial charge in [-0.3, -0.25) is 9.69 Å². The smallest absolute Gasteiger partial charge is 0.447 e. The van der Waals surface area contributed by atoms with Crippen molar-refractivity contribution in [2.75, 3.05) is 26.2 Å². The third-order valence-electron chi connectivity index (χ3n) is 8.07. The summed E-state index contributed by atoms with van der Waals surface area (Å²) in [5.74, 6) is -4.39. The van der Waals surface area contributed by atoms with Crippen LogP contribution >= 0.6 is 0 Å². The Morgan fingerprint density at radius 1 is 1.22 bits per heavy atom. The molecule has 2 fully saturated rings. The number of rotatable bonds is 10. The highest BCUT2D eigenvalue weighted by molar-refractivity contribution is 6.43. The lowest BCUT2D eigenvalue weighted by atomic mass is 9.75. The molecular formula is C28H38BF2N5O5. The van der Waals surface area contributed by atoms with E-state index in [-0.39, 0.29) is 32.4 Å². The molecule has 2 aliphatic rings. The molecule has 1 aromatic rings. The van der Waals surface area contributed by atoms with Gasteiger partial charge in [0.2, 0.25) is 5.91 Å². The molecule has 0 aromatic heterocycles. The molecule has 3 rings (SSSR count). The molecule has 2 heterocycles. The minimum Gasteiger partial charge on any atom is -0.447 e. The average molecular weight is 573 g/mol. The molecule has 41 heavy (non-hydrogen) atoms. The topological polar surface area (TPSA) is 150 Å². The van der Waals surface area contributed by atoms with Crippen LogP contribution in [0.1, 0.15) is 64.0 Å². The first kappa shape index (κ1) is 32.3. The van der Waals surface area contributed by atoms with Gasteiger partial charge in [0.1, 0.15) is 12.0 Å². The first-order chi connectivity index (χ1) is 19.2. The van der Waals surface area contributed by atoms with Gasteiger partial charge in [0.05, 0.1) is 36.2 Å². The number of amides is 2. The van der Waals surface area contributed by atoms with E-state index >= 15 is 0 Å². The summed E-state index contributed by atoms with van der Waals surface area (Å²) >= 11 is 0. The number of halogens is 2. The van der Waals surface area contributed by atoms with E-state index in [0.717, 1.165) is 6.42 Å². The molecule has 0 aliphatic carbocycles. The lowest BCUT2D eigenvalue weighted by Crippen LogP contribution is -2.55. The monoisotopic (exact) mass is 573 g/mol. The molecular weight excluding hydrogens is 535 g/mol. The zero-order valence-electron chi connectivity index (χ0n) is 23.8. The number of alkyl carbamates (subject to hydrolysis) is 1. The molecule has 2 saturated heterocycles. The summed E-state index contributed by atoms with van der Waals surface area (Å²) in [6, 6.07) is 10.2. The molecule has 1 unspecified atom stereocenters. The Bertz CT molecular complexity index is 1190. The number of nitriles is 2. The predicted octanol–water partition coefficient (Wildman–Crippen LogP) is 2.63. The maximum Gasteiger partial charge on any atom is 0.475 e. The lowest BCUT2D eigenvalue weighted by Gasteiger charge is -2.43. The number of alkyl halides is 2. The molecule has 222 valence electrons. The maximum absolute atomic E-state index is 13.9. The standard InChI is InChI=1S/C28H38BF2N5O5/c1-26(2,35-13-11-28(30,31)19-35)17-27(3,18-33)24(37)36-12-7-6-10-22(36)16-41-25(38)34-23(29(39)40)14-20-8-4-5-9-21(20)15-32/h4-5,8-9,22-23,39-40H,6-7,10-14,16-17,19H2,1-3H3,(H,34,38)/t22-,23+,27?/m1/s1. The number of hydrogen-bond acceptors (Lipinski definition) is 8. The van der Waals surface area contributed by atoms with E-state index in [0.29, 0.717) is 30.5 Å². The molecule has 10 nitrogen and oxygen atoms in total. The zero-order valence-corrected chi connectivity index (χ0v) is 23.8. The van der Waals surface area contributed by atoms with Gasteiger partial charge in [-0.15, -0.1) is 0 Å². The van der Waals surface area contributed by atoms with E-state index in [1.807, 2.05) is 6.07 Å². The van der Waals surface area contributed by atoms with E-state index in [9.17, 15) is 38.9 Å². The first-order valence-corrected chi connectivity index (χ1v) is 13.8. The maximum atomic E-state index is 13.9. The van der Waals surface area contributed by atoms with Crippen molar-refractivity contribution in [3.8, 4) is 12.1 Å². The molecule has 0 radical (unpaired) electrons. The molecule has 3 atom stereocenters. The van der Waals surface area contributed by atoms with Gasteiger partial charge in [0, 0.05) is 25.0 Å². The van der Waals surface area contributed by atoms with Gasteiger partial charge in [0.15, 0.2) is 0 Å². The van der Waals surface area contributed by atoms with Crippen LogP contribution in [0.15, 0.2) is 24.3 Å². The van der Waals surface area contributed by atoms with Crippen LogP contribution in [0.5, 0.6) is 0 Å². The fraction of sp³-hybridized carbons (Fsp3) is 0.643. The summed E-state index contributed by atoms with van der Waals surface area (Å²) in [7, 11) is -1.92. The highest BCUT2D eigenvalue weighted by atomic mass is 19.3. The summed E-state index contributed by atoms with van der Waals surface area (Å²) < 4.78 is 33.2. The van der Waals surface area contributed by atoms with E-state index in [1.165, 1.54) is 11.8 Å². The molecule has 0 saturated carbocycles. The first-order valence-electron chi connectivity index (χ1n) is 13.8. The van der Waals surface area contributed by atoms with E-state index < -0.39 is 54.5 Å². The average Bonchev–Trinajstić information content (AvgIpc) is 3.31. The summed E-state index contributed by atoms with van der Waals surface area (Å²) in [4.78, 5) is 29.5. The second-order valence-electron chi connectivity index (χ2n) is 11.8. The van der Waals surface area contributed by atoms with Crippen molar-refractivity contribution in [2.24, 2.45) is 5.41 Å². The van der Waals surface area contributed by atoms with Crippen LogP contribution in [0.3, 0.4) is 0 Å². The van der Waals surface area contributed by atoms with Crippen LogP contribution in [0.2, 0.25) is 0 Å². The van der Waals surface area contributed by atoms with E-state index in [4.69, 9.17) is 4.74 Å². The third-order valence-corrected chi connectivity index (χ3v) is 8.07. The molecule has 2 aliphatic heterocycles. The van der Waals surface area contributed by atoms with Crippen molar-refractivity contribution in [2.45, 2.75) is 82.7 Å². The van der Waals surface area contributed by atoms with Crippen molar-refractivity contribution < 1.29 is 33.2 Å². The van der Waals surface area contributed by atoms with Crippen LogP contribution in [-0.2, 0) is 16.0 Å². The van der Waals surface area contributed by atoms with Crippen LogP contribution in [0.4, 0.5) is 13.6 Å².